The lowest BCUT2D eigenvalue weighted by atomic mass is 10.1. The minimum absolute atomic E-state index is 0.271. The van der Waals surface area contributed by atoms with Crippen LogP contribution >= 0.6 is 0 Å². The molecule has 0 aliphatic heterocycles. The third-order valence-electron chi connectivity index (χ3n) is 2.19. The molecule has 0 spiro atoms. The number of hydrogen-bond acceptors (Lipinski definition) is 4. The second-order valence-electron chi connectivity index (χ2n) is 3.98. The lowest BCUT2D eigenvalue weighted by Gasteiger charge is -2.07. The molecular formula is C11H18N4O. The Balaban J connectivity index is 2.42. The van der Waals surface area contributed by atoms with Crippen LogP contribution in [-0.4, -0.2) is 22.4 Å². The Kier molecular flexibility index (Phi) is 4.69. The van der Waals surface area contributed by atoms with Gasteiger partial charge < -0.3 is 11.1 Å². The summed E-state index contributed by atoms with van der Waals surface area (Å²) in [7, 11) is 0. The average molecular weight is 222 g/mol. The molecular weight excluding hydrogens is 204 g/mol. The van der Waals surface area contributed by atoms with E-state index in [0.717, 1.165) is 17.9 Å². The van der Waals surface area contributed by atoms with Crippen molar-refractivity contribution >= 4 is 11.7 Å². The Labute approximate surface area is 95.5 Å². The summed E-state index contributed by atoms with van der Waals surface area (Å²) in [5.74, 6) is 0.907. The maximum absolute atomic E-state index is 10.5. The molecule has 0 aliphatic rings. The van der Waals surface area contributed by atoms with Gasteiger partial charge in [0.25, 0.3) is 0 Å². The zero-order chi connectivity index (χ0) is 12.0. The topological polar surface area (TPSA) is 80.9 Å². The number of aromatic nitrogens is 2. The number of carbonyl (C=O) groups excluding carboxylic acids is 1. The normalized spacial score (nSPS) is 10.4. The van der Waals surface area contributed by atoms with Gasteiger partial charge in [-0.15, -0.1) is 0 Å². The second-order valence-corrected chi connectivity index (χ2v) is 3.98. The number of carbonyl (C=O) groups is 1. The maximum atomic E-state index is 10.5. The Morgan fingerprint density at radius 2 is 2.25 bits per heavy atom. The maximum Gasteiger partial charge on any atom is 0.217 e. The average Bonchev–Trinajstić information content (AvgIpc) is 2.24. The summed E-state index contributed by atoms with van der Waals surface area (Å²) < 4.78 is 0. The SMILES string of the molecule is CC(C)c1cc(NCCCC(N)=O)ncn1. The van der Waals surface area contributed by atoms with Crippen LogP contribution in [0.3, 0.4) is 0 Å². The summed E-state index contributed by atoms with van der Waals surface area (Å²) in [6.45, 7) is 4.86. The number of nitrogens with one attached hydrogen (secondary N) is 1. The van der Waals surface area contributed by atoms with E-state index in [0.29, 0.717) is 18.9 Å². The van der Waals surface area contributed by atoms with Crippen LogP contribution in [0.5, 0.6) is 0 Å². The van der Waals surface area contributed by atoms with E-state index in [9.17, 15) is 4.79 Å². The van der Waals surface area contributed by atoms with Crippen molar-refractivity contribution < 1.29 is 4.79 Å². The molecule has 0 radical (unpaired) electrons. The van der Waals surface area contributed by atoms with E-state index >= 15 is 0 Å². The third kappa shape index (κ3) is 4.25. The molecule has 1 amide bonds. The Hall–Kier alpha value is -1.65. The molecule has 16 heavy (non-hydrogen) atoms. The zero-order valence-corrected chi connectivity index (χ0v) is 9.73. The van der Waals surface area contributed by atoms with Crippen LogP contribution < -0.4 is 11.1 Å². The van der Waals surface area contributed by atoms with Gasteiger partial charge in [-0.2, -0.15) is 0 Å². The van der Waals surface area contributed by atoms with Gasteiger partial charge in [0.1, 0.15) is 12.1 Å². The van der Waals surface area contributed by atoms with Gasteiger partial charge in [0.2, 0.25) is 5.91 Å². The molecule has 0 saturated heterocycles. The Morgan fingerprint density at radius 1 is 1.50 bits per heavy atom. The number of rotatable bonds is 6. The Morgan fingerprint density at radius 3 is 2.88 bits per heavy atom. The van der Waals surface area contributed by atoms with Gasteiger partial charge in [-0.1, -0.05) is 13.8 Å². The smallest absolute Gasteiger partial charge is 0.217 e. The molecule has 3 N–H and O–H groups in total. The van der Waals surface area contributed by atoms with Gasteiger partial charge in [-0.25, -0.2) is 9.97 Å². The van der Waals surface area contributed by atoms with Crippen LogP contribution in [0, 0.1) is 0 Å². The summed E-state index contributed by atoms with van der Waals surface area (Å²) in [4.78, 5) is 18.8. The first-order valence-electron chi connectivity index (χ1n) is 5.43. The fourth-order valence-electron chi connectivity index (χ4n) is 1.26. The fraction of sp³-hybridized carbons (Fsp3) is 0.545. The van der Waals surface area contributed by atoms with Crippen LogP contribution in [0.2, 0.25) is 0 Å². The van der Waals surface area contributed by atoms with Crippen molar-refractivity contribution in [3.8, 4) is 0 Å². The first-order valence-corrected chi connectivity index (χ1v) is 5.43. The van der Waals surface area contributed by atoms with Gasteiger partial charge in [0.05, 0.1) is 0 Å². The minimum atomic E-state index is -0.271. The van der Waals surface area contributed by atoms with E-state index in [1.165, 1.54) is 0 Å². The minimum Gasteiger partial charge on any atom is -0.370 e. The van der Waals surface area contributed by atoms with Crippen molar-refractivity contribution in [3.05, 3.63) is 18.1 Å². The summed E-state index contributed by atoms with van der Waals surface area (Å²) >= 11 is 0. The highest BCUT2D eigenvalue weighted by atomic mass is 16.1. The van der Waals surface area contributed by atoms with E-state index in [1.807, 2.05) is 6.07 Å². The van der Waals surface area contributed by atoms with E-state index in [-0.39, 0.29) is 5.91 Å². The van der Waals surface area contributed by atoms with Crippen molar-refractivity contribution in [2.75, 3.05) is 11.9 Å². The third-order valence-corrected chi connectivity index (χ3v) is 2.19. The predicted octanol–water partition coefficient (Wildman–Crippen LogP) is 1.28. The molecule has 0 aliphatic carbocycles. The number of amides is 1. The molecule has 5 nitrogen and oxygen atoms in total. The largest absolute Gasteiger partial charge is 0.370 e. The number of nitrogens with zero attached hydrogens (tertiary/aromatic N) is 2. The van der Waals surface area contributed by atoms with Gasteiger partial charge in [-0.3, -0.25) is 4.79 Å². The highest BCUT2D eigenvalue weighted by molar-refractivity contribution is 5.73. The molecule has 0 aromatic carbocycles. The fourth-order valence-corrected chi connectivity index (χ4v) is 1.26. The second kappa shape index (κ2) is 6.05. The number of hydrogen-bond donors (Lipinski definition) is 2. The van der Waals surface area contributed by atoms with Crippen LogP contribution in [0.1, 0.15) is 38.3 Å². The summed E-state index contributed by atoms with van der Waals surface area (Å²) in [6, 6.07) is 1.93. The van der Waals surface area contributed by atoms with Gasteiger partial charge in [-0.05, 0) is 12.3 Å². The molecule has 1 aromatic heterocycles. The van der Waals surface area contributed by atoms with Crippen molar-refractivity contribution in [3.63, 3.8) is 0 Å². The van der Waals surface area contributed by atoms with E-state index < -0.39 is 0 Å². The van der Waals surface area contributed by atoms with Crippen LogP contribution in [0.15, 0.2) is 12.4 Å². The van der Waals surface area contributed by atoms with Crippen LogP contribution in [0.4, 0.5) is 5.82 Å². The predicted molar refractivity (Wildman–Crippen MR) is 63.0 cm³/mol. The molecule has 1 aromatic rings. The van der Waals surface area contributed by atoms with E-state index in [4.69, 9.17) is 5.73 Å². The van der Waals surface area contributed by atoms with Crippen molar-refractivity contribution in [2.45, 2.75) is 32.6 Å². The molecule has 0 atom stereocenters. The molecule has 0 saturated carbocycles. The number of primary amides is 1. The highest BCUT2D eigenvalue weighted by Gasteiger charge is 2.02. The molecule has 88 valence electrons. The Bertz CT molecular complexity index is 352. The monoisotopic (exact) mass is 222 g/mol. The van der Waals surface area contributed by atoms with Crippen molar-refractivity contribution in [1.29, 1.82) is 0 Å². The summed E-state index contributed by atoms with van der Waals surface area (Å²) in [5.41, 5.74) is 6.05. The quantitative estimate of drug-likeness (QED) is 0.710. The van der Waals surface area contributed by atoms with Crippen LogP contribution in [0.25, 0.3) is 0 Å². The summed E-state index contributed by atoms with van der Waals surface area (Å²) in [5, 5.41) is 3.14. The number of nitrogens with two attached hydrogens (primary N) is 1. The zero-order valence-electron chi connectivity index (χ0n) is 9.73. The number of anilines is 1. The van der Waals surface area contributed by atoms with Gasteiger partial charge in [0.15, 0.2) is 0 Å². The standard InChI is InChI=1S/C11H18N4O/c1-8(2)9-6-11(15-7-14-9)13-5-3-4-10(12)16/h6-8H,3-5H2,1-2H3,(H2,12,16)(H,13,14,15). The van der Waals surface area contributed by atoms with Crippen LogP contribution in [-0.2, 0) is 4.79 Å². The lowest BCUT2D eigenvalue weighted by molar-refractivity contribution is -0.118. The first kappa shape index (κ1) is 12.4. The molecule has 0 bridgehead atoms. The lowest BCUT2D eigenvalue weighted by Crippen LogP contribution is -2.13. The molecule has 5 heteroatoms. The molecule has 0 fully saturated rings. The van der Waals surface area contributed by atoms with Crippen molar-refractivity contribution in [2.24, 2.45) is 5.73 Å². The first-order chi connectivity index (χ1) is 7.59. The van der Waals surface area contributed by atoms with Crippen molar-refractivity contribution in [1.82, 2.24) is 9.97 Å². The summed E-state index contributed by atoms with van der Waals surface area (Å²) in [6.07, 6.45) is 2.66. The van der Waals surface area contributed by atoms with E-state index in [1.54, 1.807) is 6.33 Å². The molecule has 1 rings (SSSR count). The molecule has 0 unspecified atom stereocenters. The highest BCUT2D eigenvalue weighted by Crippen LogP contribution is 2.13. The molecule has 1 heterocycles. The van der Waals surface area contributed by atoms with E-state index in [2.05, 4.69) is 29.1 Å². The van der Waals surface area contributed by atoms with Gasteiger partial charge >= 0.3 is 0 Å². The van der Waals surface area contributed by atoms with Gasteiger partial charge in [0, 0.05) is 24.7 Å².